The van der Waals surface area contributed by atoms with Crippen LogP contribution >= 0.6 is 0 Å². The molecule has 0 radical (unpaired) electrons. The summed E-state index contributed by atoms with van der Waals surface area (Å²) in [5.41, 5.74) is 0.365. The lowest BCUT2D eigenvalue weighted by atomic mass is 9.82. The standard InChI is InChI=1S/C12H14F4O/c1-4-11(2,3)8-5-6-10(9(13)7-8)17-12(14,15)16/h5-7H,4H2,1-3H3. The van der Waals surface area contributed by atoms with Gasteiger partial charge in [0.1, 0.15) is 0 Å². The fourth-order valence-corrected chi connectivity index (χ4v) is 1.33. The van der Waals surface area contributed by atoms with E-state index in [0.29, 0.717) is 5.56 Å². The third-order valence-electron chi connectivity index (χ3n) is 2.82. The van der Waals surface area contributed by atoms with Gasteiger partial charge in [0.25, 0.3) is 0 Å². The van der Waals surface area contributed by atoms with Crippen molar-refractivity contribution >= 4 is 0 Å². The first-order valence-electron chi connectivity index (χ1n) is 5.21. The molecule has 0 fully saturated rings. The predicted molar refractivity (Wildman–Crippen MR) is 56.4 cm³/mol. The molecule has 96 valence electrons. The smallest absolute Gasteiger partial charge is 0.403 e. The zero-order valence-electron chi connectivity index (χ0n) is 9.86. The molecule has 1 aromatic carbocycles. The molecule has 1 aromatic rings. The molecule has 0 amide bonds. The molecule has 0 spiro atoms. The molecule has 0 aliphatic rings. The number of alkyl halides is 3. The molecule has 5 heteroatoms. The van der Waals surface area contributed by atoms with E-state index in [1.807, 2.05) is 20.8 Å². The SMILES string of the molecule is CCC(C)(C)c1ccc(OC(F)(F)F)c(F)c1. The molecule has 1 nitrogen and oxygen atoms in total. The van der Waals surface area contributed by atoms with Gasteiger partial charge in [0.05, 0.1) is 0 Å². The van der Waals surface area contributed by atoms with Crippen molar-refractivity contribution in [1.29, 1.82) is 0 Å². The Balaban J connectivity index is 3.02. The lowest BCUT2D eigenvalue weighted by molar-refractivity contribution is -0.275. The molecular formula is C12H14F4O. The molecule has 0 aromatic heterocycles. The van der Waals surface area contributed by atoms with Gasteiger partial charge in [-0.15, -0.1) is 13.2 Å². The van der Waals surface area contributed by atoms with E-state index in [-0.39, 0.29) is 5.41 Å². The highest BCUT2D eigenvalue weighted by Gasteiger charge is 2.32. The normalized spacial score (nSPS) is 12.6. The summed E-state index contributed by atoms with van der Waals surface area (Å²) in [5.74, 6) is -1.80. The summed E-state index contributed by atoms with van der Waals surface area (Å²) in [4.78, 5) is 0. The van der Waals surface area contributed by atoms with E-state index < -0.39 is 17.9 Å². The van der Waals surface area contributed by atoms with E-state index in [4.69, 9.17) is 0 Å². The highest BCUT2D eigenvalue weighted by atomic mass is 19.4. The molecule has 0 atom stereocenters. The van der Waals surface area contributed by atoms with E-state index >= 15 is 0 Å². The molecule has 17 heavy (non-hydrogen) atoms. The van der Waals surface area contributed by atoms with Crippen molar-refractivity contribution in [3.05, 3.63) is 29.6 Å². The Morgan fingerprint density at radius 1 is 1.18 bits per heavy atom. The van der Waals surface area contributed by atoms with Crippen molar-refractivity contribution in [2.24, 2.45) is 0 Å². The Labute approximate surface area is 97.4 Å². The second kappa shape index (κ2) is 4.55. The van der Waals surface area contributed by atoms with Gasteiger partial charge in [-0.25, -0.2) is 4.39 Å². The largest absolute Gasteiger partial charge is 0.573 e. The number of rotatable bonds is 3. The second-order valence-corrected chi connectivity index (χ2v) is 4.43. The second-order valence-electron chi connectivity index (χ2n) is 4.43. The van der Waals surface area contributed by atoms with Gasteiger partial charge in [0.15, 0.2) is 11.6 Å². The van der Waals surface area contributed by atoms with Gasteiger partial charge in [-0.2, -0.15) is 0 Å². The highest BCUT2D eigenvalue weighted by Crippen LogP contribution is 2.32. The summed E-state index contributed by atoms with van der Waals surface area (Å²) in [6, 6.07) is 3.55. The minimum absolute atomic E-state index is 0.280. The van der Waals surface area contributed by atoms with Gasteiger partial charge >= 0.3 is 6.36 Å². The fourth-order valence-electron chi connectivity index (χ4n) is 1.33. The maximum Gasteiger partial charge on any atom is 0.573 e. The number of ether oxygens (including phenoxy) is 1. The van der Waals surface area contributed by atoms with Crippen LogP contribution in [0.25, 0.3) is 0 Å². The van der Waals surface area contributed by atoms with Crippen LogP contribution < -0.4 is 4.74 Å². The monoisotopic (exact) mass is 250 g/mol. The van der Waals surface area contributed by atoms with Gasteiger partial charge in [-0.05, 0) is 29.5 Å². The minimum atomic E-state index is -4.87. The summed E-state index contributed by atoms with van der Waals surface area (Å²) >= 11 is 0. The summed E-state index contributed by atoms with van der Waals surface area (Å²) < 4.78 is 52.8. The molecule has 0 N–H and O–H groups in total. The van der Waals surface area contributed by atoms with Crippen LogP contribution in [-0.2, 0) is 5.41 Å². The Morgan fingerprint density at radius 3 is 2.18 bits per heavy atom. The molecule has 0 unspecified atom stereocenters. The first-order chi connectivity index (χ1) is 7.65. The highest BCUT2D eigenvalue weighted by molar-refractivity contribution is 5.33. The van der Waals surface area contributed by atoms with Crippen molar-refractivity contribution in [3.63, 3.8) is 0 Å². The summed E-state index contributed by atoms with van der Waals surface area (Å²) in [6.07, 6.45) is -4.12. The number of halogens is 4. The van der Waals surface area contributed by atoms with E-state index in [2.05, 4.69) is 4.74 Å². The van der Waals surface area contributed by atoms with Crippen molar-refractivity contribution in [2.45, 2.75) is 39.0 Å². The fraction of sp³-hybridized carbons (Fsp3) is 0.500. The van der Waals surface area contributed by atoms with Gasteiger partial charge in [-0.3, -0.25) is 0 Å². The van der Waals surface area contributed by atoms with Crippen LogP contribution in [0.4, 0.5) is 17.6 Å². The zero-order valence-corrected chi connectivity index (χ0v) is 9.86. The predicted octanol–water partition coefficient (Wildman–Crippen LogP) is 4.41. The Morgan fingerprint density at radius 2 is 1.76 bits per heavy atom. The Kier molecular flexibility index (Phi) is 3.69. The molecular weight excluding hydrogens is 236 g/mol. The van der Waals surface area contributed by atoms with Crippen molar-refractivity contribution in [3.8, 4) is 5.75 Å². The van der Waals surface area contributed by atoms with Gasteiger partial charge < -0.3 is 4.74 Å². The molecule has 0 saturated carbocycles. The maximum absolute atomic E-state index is 13.4. The number of benzene rings is 1. The maximum atomic E-state index is 13.4. The minimum Gasteiger partial charge on any atom is -0.403 e. The van der Waals surface area contributed by atoms with Crippen LogP contribution in [-0.4, -0.2) is 6.36 Å². The molecule has 1 rings (SSSR count). The van der Waals surface area contributed by atoms with Crippen molar-refractivity contribution < 1.29 is 22.3 Å². The Bertz CT molecular complexity index is 396. The first kappa shape index (κ1) is 13.8. The zero-order chi connectivity index (χ0) is 13.3. The summed E-state index contributed by atoms with van der Waals surface area (Å²) in [7, 11) is 0. The molecule has 0 heterocycles. The topological polar surface area (TPSA) is 9.23 Å². The van der Waals surface area contributed by atoms with Crippen LogP contribution in [0.2, 0.25) is 0 Å². The van der Waals surface area contributed by atoms with E-state index in [9.17, 15) is 17.6 Å². The molecule has 0 aliphatic heterocycles. The van der Waals surface area contributed by atoms with E-state index in [1.54, 1.807) is 0 Å². The van der Waals surface area contributed by atoms with E-state index in [1.165, 1.54) is 6.07 Å². The third-order valence-corrected chi connectivity index (χ3v) is 2.82. The number of hydrogen-bond donors (Lipinski definition) is 0. The first-order valence-corrected chi connectivity index (χ1v) is 5.21. The summed E-state index contributed by atoms with van der Waals surface area (Å²) in [6.45, 7) is 5.72. The van der Waals surface area contributed by atoms with Crippen LogP contribution in [0.15, 0.2) is 18.2 Å². The molecule has 0 bridgehead atoms. The third kappa shape index (κ3) is 3.61. The van der Waals surface area contributed by atoms with Crippen LogP contribution in [0.5, 0.6) is 5.75 Å². The van der Waals surface area contributed by atoms with Gasteiger partial charge in [0, 0.05) is 0 Å². The van der Waals surface area contributed by atoms with Crippen molar-refractivity contribution in [2.75, 3.05) is 0 Å². The van der Waals surface area contributed by atoms with Gasteiger partial charge in [-0.1, -0.05) is 26.8 Å². The van der Waals surface area contributed by atoms with Gasteiger partial charge in [0.2, 0.25) is 0 Å². The lowest BCUT2D eigenvalue weighted by Crippen LogP contribution is -2.19. The van der Waals surface area contributed by atoms with Crippen LogP contribution in [0.1, 0.15) is 32.8 Å². The van der Waals surface area contributed by atoms with Crippen LogP contribution in [0, 0.1) is 5.82 Å². The molecule has 0 saturated heterocycles. The average Bonchev–Trinajstić information content (AvgIpc) is 2.19. The lowest BCUT2D eigenvalue weighted by Gasteiger charge is -2.23. The average molecular weight is 250 g/mol. The van der Waals surface area contributed by atoms with Crippen LogP contribution in [0.3, 0.4) is 0 Å². The Hall–Kier alpha value is -1.26. The quantitative estimate of drug-likeness (QED) is 0.722. The summed E-state index contributed by atoms with van der Waals surface area (Å²) in [5, 5.41) is 0. The van der Waals surface area contributed by atoms with E-state index in [0.717, 1.165) is 18.6 Å². The van der Waals surface area contributed by atoms with Crippen molar-refractivity contribution in [1.82, 2.24) is 0 Å². The number of hydrogen-bond acceptors (Lipinski definition) is 1. The molecule has 0 aliphatic carbocycles.